The Labute approximate surface area is 238 Å². The number of hydrogen-bond donors (Lipinski definition) is 1. The number of ether oxygens (including phenoxy) is 2. The second-order valence-electron chi connectivity index (χ2n) is 11.2. The second kappa shape index (κ2) is 11.6. The Balaban J connectivity index is 1.12. The van der Waals surface area contributed by atoms with E-state index in [0.29, 0.717) is 42.7 Å². The zero-order chi connectivity index (χ0) is 28.5. The highest BCUT2D eigenvalue weighted by Crippen LogP contribution is 2.33. The number of carbonyl (C=O) groups is 2. The largest absolute Gasteiger partial charge is 0.459 e. The molecule has 0 unspecified atom stereocenters. The van der Waals surface area contributed by atoms with Crippen LogP contribution in [0, 0.1) is 0 Å². The van der Waals surface area contributed by atoms with E-state index in [0.717, 1.165) is 35.0 Å². The number of rotatable bonds is 6. The third-order valence-electron chi connectivity index (χ3n) is 8.55. The summed E-state index contributed by atoms with van der Waals surface area (Å²) in [5, 5.41) is 10.5. The number of hydrogen-bond acceptors (Lipinski definition) is 8. The third kappa shape index (κ3) is 5.58. The Bertz CT molecular complexity index is 1520. The summed E-state index contributed by atoms with van der Waals surface area (Å²) in [6, 6.07) is 11.4. The average Bonchev–Trinajstić information content (AvgIpc) is 3.37. The van der Waals surface area contributed by atoms with Gasteiger partial charge in [-0.1, -0.05) is 13.3 Å². The zero-order valence-corrected chi connectivity index (χ0v) is 23.4. The minimum Gasteiger partial charge on any atom is -0.459 e. The van der Waals surface area contributed by atoms with Crippen molar-refractivity contribution in [2.45, 2.75) is 70.7 Å². The Kier molecular flexibility index (Phi) is 7.77. The molecule has 0 radical (unpaired) electrons. The monoisotopic (exact) mass is 560 g/mol. The van der Waals surface area contributed by atoms with Gasteiger partial charge in [0.15, 0.2) is 6.10 Å². The maximum Gasteiger partial charge on any atom is 0.415 e. The Morgan fingerprint density at radius 2 is 1.83 bits per heavy atom. The molecule has 3 aliphatic heterocycles. The maximum atomic E-state index is 13.1. The van der Waals surface area contributed by atoms with Crippen LogP contribution in [0.4, 0.5) is 4.79 Å². The molecule has 2 saturated heterocycles. The van der Waals surface area contributed by atoms with Crippen molar-refractivity contribution in [3.63, 3.8) is 0 Å². The third-order valence-corrected chi connectivity index (χ3v) is 8.55. The lowest BCUT2D eigenvalue weighted by atomic mass is 10.0. The summed E-state index contributed by atoms with van der Waals surface area (Å²) < 4.78 is 12.5. The summed E-state index contributed by atoms with van der Waals surface area (Å²) in [5.74, 6) is -0.277. The molecule has 216 valence electrons. The molecule has 0 bridgehead atoms. The molecule has 6 rings (SSSR count). The number of pyridine rings is 2. The standard InChI is InChI=1S/C31H36N4O6/c1-2-27(36)30(38)40-19-20-6-9-26-28-22(18-35(26)29(20)37)16-21-17-24(7-8-25(21)32-28)41-31(39)34-14-10-23(11-15-34)33-12-4-3-5-13-33/h6-9,16-17,23,27,36H,2-5,10-15,18-19H2,1H3/t27-/m1/s1. The number of carbonyl (C=O) groups excluding carboxylic acids is 2. The molecule has 0 spiro atoms. The van der Waals surface area contributed by atoms with E-state index in [1.807, 2.05) is 18.2 Å². The van der Waals surface area contributed by atoms with Crippen LogP contribution in [0.15, 0.2) is 41.2 Å². The van der Waals surface area contributed by atoms with Gasteiger partial charge in [-0.15, -0.1) is 0 Å². The minimum atomic E-state index is -1.20. The van der Waals surface area contributed by atoms with Crippen molar-refractivity contribution in [1.29, 1.82) is 0 Å². The first-order chi connectivity index (χ1) is 19.9. The first-order valence-electron chi connectivity index (χ1n) is 14.6. The Morgan fingerprint density at radius 1 is 1.05 bits per heavy atom. The molecule has 41 heavy (non-hydrogen) atoms. The van der Waals surface area contributed by atoms with E-state index < -0.39 is 12.1 Å². The van der Waals surface area contributed by atoms with E-state index in [1.54, 1.807) is 34.6 Å². The number of fused-ring (bicyclic) bond motifs is 4. The van der Waals surface area contributed by atoms with Crippen molar-refractivity contribution in [1.82, 2.24) is 19.4 Å². The van der Waals surface area contributed by atoms with Gasteiger partial charge < -0.3 is 28.9 Å². The second-order valence-corrected chi connectivity index (χ2v) is 11.2. The molecule has 5 heterocycles. The molecule has 2 fully saturated rings. The van der Waals surface area contributed by atoms with Crippen molar-refractivity contribution in [3.8, 4) is 17.1 Å². The Hall–Kier alpha value is -3.76. The number of nitrogens with zero attached hydrogens (tertiary/aromatic N) is 4. The van der Waals surface area contributed by atoms with E-state index in [4.69, 9.17) is 14.5 Å². The lowest BCUT2D eigenvalue weighted by Crippen LogP contribution is -2.48. The predicted octanol–water partition coefficient (Wildman–Crippen LogP) is 3.69. The molecular formula is C31H36N4O6. The number of aliphatic hydroxyl groups excluding tert-OH is 1. The van der Waals surface area contributed by atoms with Crippen LogP contribution in [0.2, 0.25) is 0 Å². The molecule has 2 aromatic heterocycles. The van der Waals surface area contributed by atoms with Crippen LogP contribution in [0.1, 0.15) is 56.6 Å². The molecule has 1 atom stereocenters. The summed E-state index contributed by atoms with van der Waals surface area (Å²) in [4.78, 5) is 47.1. The number of likely N-dealkylation sites (tertiary alicyclic amines) is 2. The number of benzene rings is 1. The van der Waals surface area contributed by atoms with Crippen LogP contribution in [0.5, 0.6) is 5.75 Å². The predicted molar refractivity (Wildman–Crippen MR) is 153 cm³/mol. The van der Waals surface area contributed by atoms with Crippen LogP contribution < -0.4 is 10.3 Å². The first-order valence-corrected chi connectivity index (χ1v) is 14.6. The number of aliphatic hydroxyl groups is 1. The molecule has 3 aliphatic rings. The fourth-order valence-corrected chi connectivity index (χ4v) is 6.15. The molecule has 0 aliphatic carbocycles. The van der Waals surface area contributed by atoms with E-state index in [-0.39, 0.29) is 24.7 Å². The maximum absolute atomic E-state index is 13.1. The number of piperidine rings is 2. The summed E-state index contributed by atoms with van der Waals surface area (Å²) in [7, 11) is 0. The van der Waals surface area contributed by atoms with Gasteiger partial charge in [0.1, 0.15) is 12.4 Å². The molecule has 10 heteroatoms. The highest BCUT2D eigenvalue weighted by atomic mass is 16.6. The SMILES string of the molecule is CC[C@@H](O)C(=O)OCc1ccc2n(c1=O)Cc1cc3cc(OC(=O)N4CCC(N5CCCCC5)CC4)ccc3nc1-2. The van der Waals surface area contributed by atoms with Crippen molar-refractivity contribution in [2.24, 2.45) is 0 Å². The van der Waals surface area contributed by atoms with Crippen molar-refractivity contribution in [3.05, 3.63) is 57.9 Å². The van der Waals surface area contributed by atoms with E-state index >= 15 is 0 Å². The first kappa shape index (κ1) is 27.4. The van der Waals surface area contributed by atoms with Crippen molar-refractivity contribution < 1.29 is 24.2 Å². The van der Waals surface area contributed by atoms with Crippen LogP contribution in [0.25, 0.3) is 22.3 Å². The topological polar surface area (TPSA) is 114 Å². The van der Waals surface area contributed by atoms with Gasteiger partial charge in [0.05, 0.1) is 29.0 Å². The van der Waals surface area contributed by atoms with Gasteiger partial charge in [-0.25, -0.2) is 14.6 Å². The van der Waals surface area contributed by atoms with Crippen molar-refractivity contribution in [2.75, 3.05) is 26.2 Å². The zero-order valence-electron chi connectivity index (χ0n) is 23.4. The Morgan fingerprint density at radius 3 is 2.59 bits per heavy atom. The fraction of sp³-hybridized carbons (Fsp3) is 0.484. The van der Waals surface area contributed by atoms with Gasteiger partial charge >= 0.3 is 12.1 Å². The molecule has 1 amide bonds. The average molecular weight is 561 g/mol. The quantitative estimate of drug-likeness (QED) is 0.355. The van der Waals surface area contributed by atoms with Crippen LogP contribution >= 0.6 is 0 Å². The van der Waals surface area contributed by atoms with Gasteiger partial charge in [0, 0.05) is 30.1 Å². The van der Waals surface area contributed by atoms with Gasteiger partial charge in [-0.05, 0) is 81.6 Å². The molecule has 0 saturated carbocycles. The van der Waals surface area contributed by atoms with E-state index in [2.05, 4.69) is 4.90 Å². The molecule has 10 nitrogen and oxygen atoms in total. The molecular weight excluding hydrogens is 524 g/mol. The molecule has 1 N–H and O–H groups in total. The van der Waals surface area contributed by atoms with Crippen LogP contribution in [-0.4, -0.2) is 74.8 Å². The van der Waals surface area contributed by atoms with Gasteiger partial charge in [0.25, 0.3) is 5.56 Å². The van der Waals surface area contributed by atoms with E-state index in [9.17, 15) is 19.5 Å². The van der Waals surface area contributed by atoms with Crippen molar-refractivity contribution >= 4 is 23.0 Å². The normalized spacial score (nSPS) is 18.1. The summed E-state index contributed by atoms with van der Waals surface area (Å²) >= 11 is 0. The lowest BCUT2D eigenvalue weighted by Gasteiger charge is -2.39. The van der Waals surface area contributed by atoms with E-state index in [1.165, 1.54) is 32.4 Å². The van der Waals surface area contributed by atoms with Gasteiger partial charge in [-0.3, -0.25) is 4.79 Å². The summed E-state index contributed by atoms with van der Waals surface area (Å²) in [5.41, 5.74) is 3.10. The highest BCUT2D eigenvalue weighted by Gasteiger charge is 2.29. The minimum absolute atomic E-state index is 0.203. The number of esters is 1. The van der Waals surface area contributed by atoms with Gasteiger partial charge in [0.2, 0.25) is 0 Å². The molecule has 3 aromatic rings. The number of aromatic nitrogens is 2. The number of amides is 1. The van der Waals surface area contributed by atoms with Gasteiger partial charge in [-0.2, -0.15) is 0 Å². The van der Waals surface area contributed by atoms with Crippen LogP contribution in [0.3, 0.4) is 0 Å². The van der Waals surface area contributed by atoms with Crippen LogP contribution in [-0.2, 0) is 22.7 Å². The molecule has 1 aromatic carbocycles. The fourth-order valence-electron chi connectivity index (χ4n) is 6.15. The summed E-state index contributed by atoms with van der Waals surface area (Å²) in [6.45, 7) is 5.56. The lowest BCUT2D eigenvalue weighted by molar-refractivity contribution is -0.155. The summed E-state index contributed by atoms with van der Waals surface area (Å²) in [6.07, 6.45) is 4.55. The highest BCUT2D eigenvalue weighted by molar-refractivity contribution is 5.86. The smallest absolute Gasteiger partial charge is 0.415 e.